The topological polar surface area (TPSA) is 24.9 Å². The van der Waals surface area contributed by atoms with Crippen molar-refractivity contribution in [2.75, 3.05) is 60.4 Å². The monoisotopic (exact) mass is 296 g/mol. The molecule has 0 radical (unpaired) electrons. The minimum absolute atomic E-state index is 0.677. The molecule has 18 heavy (non-hydrogen) atoms. The molecule has 110 valence electrons. The van der Waals surface area contributed by atoms with Gasteiger partial charge in [-0.05, 0) is 47.2 Å². The molecule has 0 bridgehead atoms. The van der Waals surface area contributed by atoms with Crippen LogP contribution >= 0.6 is 11.6 Å². The lowest BCUT2D eigenvalue weighted by molar-refractivity contribution is 0.149. The van der Waals surface area contributed by atoms with Crippen molar-refractivity contribution in [1.29, 1.82) is 0 Å². The van der Waals surface area contributed by atoms with Crippen molar-refractivity contribution < 1.29 is 8.85 Å². The summed E-state index contributed by atoms with van der Waals surface area (Å²) >= 11 is 5.77. The first-order valence-electron chi connectivity index (χ1n) is 6.53. The van der Waals surface area contributed by atoms with E-state index in [0.717, 1.165) is 38.8 Å². The Bertz CT molecular complexity index is 193. The highest BCUT2D eigenvalue weighted by Crippen LogP contribution is 2.16. The third kappa shape index (κ3) is 10.3. The second kappa shape index (κ2) is 10.2. The average Bonchev–Trinajstić information content (AvgIpc) is 2.25. The maximum atomic E-state index is 6.02. The molecule has 0 aliphatic rings. The van der Waals surface area contributed by atoms with Gasteiger partial charge in [0, 0.05) is 32.2 Å². The lowest BCUT2D eigenvalue weighted by Crippen LogP contribution is -2.42. The largest absolute Gasteiger partial charge is 0.393 e. The Labute approximate surface area is 118 Å². The SMILES string of the molecule is CN(C)CCO[Si](C)(CCCCl)OCCN(C)C. The molecular formula is C12H29ClN2O2Si. The Morgan fingerprint density at radius 3 is 1.72 bits per heavy atom. The Balaban J connectivity index is 4.06. The molecule has 0 rings (SSSR count). The van der Waals surface area contributed by atoms with Gasteiger partial charge in [0.15, 0.2) is 0 Å². The summed E-state index contributed by atoms with van der Waals surface area (Å²) in [5, 5.41) is 0. The van der Waals surface area contributed by atoms with Crippen molar-refractivity contribution in [2.45, 2.75) is 19.0 Å². The summed E-state index contributed by atoms with van der Waals surface area (Å²) in [7, 11) is 6.16. The number of hydrogen-bond donors (Lipinski definition) is 0. The molecule has 0 fully saturated rings. The number of halogens is 1. The number of rotatable bonds is 11. The second-order valence-electron chi connectivity index (χ2n) is 5.23. The third-order valence-electron chi connectivity index (χ3n) is 2.66. The van der Waals surface area contributed by atoms with Crippen LogP contribution in [0.3, 0.4) is 0 Å². The standard InChI is InChI=1S/C12H29ClN2O2Si/c1-14(2)8-10-16-18(5,12-6-7-13)17-11-9-15(3)4/h6-12H2,1-5H3. The predicted octanol–water partition coefficient (Wildman–Crippen LogP) is 1.84. The van der Waals surface area contributed by atoms with Crippen LogP contribution in [0.4, 0.5) is 0 Å². The van der Waals surface area contributed by atoms with Crippen LogP contribution in [0.15, 0.2) is 0 Å². The molecule has 0 aliphatic heterocycles. The maximum absolute atomic E-state index is 6.02. The van der Waals surface area contributed by atoms with Crippen LogP contribution in [-0.2, 0) is 8.85 Å². The van der Waals surface area contributed by atoms with E-state index in [2.05, 4.69) is 16.3 Å². The Morgan fingerprint density at radius 1 is 0.944 bits per heavy atom. The fourth-order valence-electron chi connectivity index (χ4n) is 1.46. The van der Waals surface area contributed by atoms with Gasteiger partial charge in [-0.2, -0.15) is 0 Å². The highest BCUT2D eigenvalue weighted by atomic mass is 35.5. The molecule has 0 aliphatic carbocycles. The summed E-state index contributed by atoms with van der Waals surface area (Å²) < 4.78 is 12.0. The van der Waals surface area contributed by atoms with E-state index in [0.29, 0.717) is 5.88 Å². The summed E-state index contributed by atoms with van der Waals surface area (Å²) in [6.07, 6.45) is 0.966. The molecule has 0 heterocycles. The number of alkyl halides is 1. The number of likely N-dealkylation sites (N-methyl/N-ethyl adjacent to an activating group) is 2. The third-order valence-corrected chi connectivity index (χ3v) is 5.81. The van der Waals surface area contributed by atoms with Gasteiger partial charge in [-0.3, -0.25) is 0 Å². The fourth-order valence-corrected chi connectivity index (χ4v) is 4.06. The van der Waals surface area contributed by atoms with Gasteiger partial charge in [-0.15, -0.1) is 11.6 Å². The molecule has 0 aromatic heterocycles. The van der Waals surface area contributed by atoms with Gasteiger partial charge in [0.2, 0.25) is 0 Å². The summed E-state index contributed by atoms with van der Waals surface area (Å²) in [5.74, 6) is 0.677. The molecule has 0 atom stereocenters. The molecule has 0 N–H and O–H groups in total. The number of nitrogens with zero attached hydrogens (tertiary/aromatic N) is 2. The minimum atomic E-state index is -2.04. The first kappa shape index (κ1) is 18.3. The summed E-state index contributed by atoms with van der Waals surface area (Å²) in [4.78, 5) is 4.24. The van der Waals surface area contributed by atoms with Gasteiger partial charge >= 0.3 is 8.56 Å². The van der Waals surface area contributed by atoms with Crippen LogP contribution < -0.4 is 0 Å². The first-order valence-corrected chi connectivity index (χ1v) is 9.59. The van der Waals surface area contributed by atoms with E-state index in [9.17, 15) is 0 Å². The Hall–Kier alpha value is 0.347. The van der Waals surface area contributed by atoms with Crippen molar-refractivity contribution in [3.63, 3.8) is 0 Å². The van der Waals surface area contributed by atoms with Crippen LogP contribution in [0.25, 0.3) is 0 Å². The van der Waals surface area contributed by atoms with Crippen LogP contribution in [0.1, 0.15) is 6.42 Å². The minimum Gasteiger partial charge on any atom is -0.393 e. The zero-order chi connectivity index (χ0) is 14.0. The van der Waals surface area contributed by atoms with Gasteiger partial charge in [-0.25, -0.2) is 0 Å². The van der Waals surface area contributed by atoms with Crippen molar-refractivity contribution >= 4 is 20.2 Å². The molecule has 0 spiro atoms. The van der Waals surface area contributed by atoms with E-state index >= 15 is 0 Å². The van der Waals surface area contributed by atoms with Gasteiger partial charge in [0.1, 0.15) is 0 Å². The highest BCUT2D eigenvalue weighted by molar-refractivity contribution is 6.66. The van der Waals surface area contributed by atoms with Crippen LogP contribution in [0, 0.1) is 0 Å². The zero-order valence-electron chi connectivity index (χ0n) is 12.5. The smallest absolute Gasteiger partial charge is 0.335 e. The number of hydrogen-bond acceptors (Lipinski definition) is 4. The molecule has 0 unspecified atom stereocenters. The van der Waals surface area contributed by atoms with Crippen LogP contribution in [-0.4, -0.2) is 78.7 Å². The molecule has 0 aromatic carbocycles. The van der Waals surface area contributed by atoms with Crippen LogP contribution in [0.2, 0.25) is 12.6 Å². The van der Waals surface area contributed by atoms with Crippen molar-refractivity contribution in [3.8, 4) is 0 Å². The normalized spacial score (nSPS) is 12.7. The van der Waals surface area contributed by atoms with Gasteiger partial charge in [-0.1, -0.05) is 0 Å². The molecular weight excluding hydrogens is 268 g/mol. The molecule has 6 heteroatoms. The van der Waals surface area contributed by atoms with Crippen molar-refractivity contribution in [3.05, 3.63) is 0 Å². The Morgan fingerprint density at radius 2 is 1.39 bits per heavy atom. The lowest BCUT2D eigenvalue weighted by Gasteiger charge is -2.28. The van der Waals surface area contributed by atoms with Crippen LogP contribution in [0.5, 0.6) is 0 Å². The van der Waals surface area contributed by atoms with E-state index < -0.39 is 8.56 Å². The predicted molar refractivity (Wildman–Crippen MR) is 80.8 cm³/mol. The van der Waals surface area contributed by atoms with Gasteiger partial charge in [0.05, 0.1) is 0 Å². The average molecular weight is 297 g/mol. The van der Waals surface area contributed by atoms with E-state index in [1.54, 1.807) is 0 Å². The van der Waals surface area contributed by atoms with Crippen molar-refractivity contribution in [2.24, 2.45) is 0 Å². The van der Waals surface area contributed by atoms with Gasteiger partial charge < -0.3 is 18.7 Å². The van der Waals surface area contributed by atoms with E-state index in [4.69, 9.17) is 20.5 Å². The zero-order valence-corrected chi connectivity index (χ0v) is 14.3. The highest BCUT2D eigenvalue weighted by Gasteiger charge is 2.30. The second-order valence-corrected chi connectivity index (χ2v) is 8.95. The molecule has 0 amide bonds. The molecule has 0 aromatic rings. The molecule has 4 nitrogen and oxygen atoms in total. The summed E-state index contributed by atoms with van der Waals surface area (Å²) in [6.45, 7) is 5.48. The lowest BCUT2D eigenvalue weighted by atomic mass is 10.6. The van der Waals surface area contributed by atoms with E-state index in [-0.39, 0.29) is 0 Å². The van der Waals surface area contributed by atoms with E-state index in [1.165, 1.54) is 0 Å². The first-order chi connectivity index (χ1) is 8.39. The Kier molecular flexibility index (Phi) is 10.4. The maximum Gasteiger partial charge on any atom is 0.335 e. The molecule has 0 saturated heterocycles. The van der Waals surface area contributed by atoms with Crippen molar-refractivity contribution in [1.82, 2.24) is 9.80 Å². The summed E-state index contributed by atoms with van der Waals surface area (Å²) in [5.41, 5.74) is 0. The van der Waals surface area contributed by atoms with E-state index in [1.807, 2.05) is 28.2 Å². The summed E-state index contributed by atoms with van der Waals surface area (Å²) in [6, 6.07) is 0.970. The molecule has 0 saturated carbocycles. The fraction of sp³-hybridized carbons (Fsp3) is 1.00. The van der Waals surface area contributed by atoms with Gasteiger partial charge in [0.25, 0.3) is 0 Å². The quantitative estimate of drug-likeness (QED) is 0.429.